The molecule has 2 aromatic heterocycles. The second-order valence-corrected chi connectivity index (χ2v) is 6.64. The van der Waals surface area contributed by atoms with Gasteiger partial charge in [-0.15, -0.1) is 0 Å². The molecule has 9 heteroatoms. The van der Waals surface area contributed by atoms with Crippen molar-refractivity contribution < 1.29 is 19.3 Å². The molecule has 1 aliphatic rings. The molecule has 148 valence electrons. The van der Waals surface area contributed by atoms with Gasteiger partial charge in [0.2, 0.25) is 11.8 Å². The van der Waals surface area contributed by atoms with Crippen LogP contribution in [0.1, 0.15) is 57.7 Å². The number of hydrogen-bond acceptors (Lipinski definition) is 9. The quantitative estimate of drug-likeness (QED) is 0.665. The molecule has 1 aliphatic heterocycles. The summed E-state index contributed by atoms with van der Waals surface area (Å²) in [7, 11) is 0. The SMILES string of the molecule is CCCCOc1nc(N)nc2ncc(C(O)C(C)OC3CCCCO3)nc12. The summed E-state index contributed by atoms with van der Waals surface area (Å²) in [4.78, 5) is 16.9. The first-order chi connectivity index (χ1) is 13.1. The largest absolute Gasteiger partial charge is 0.476 e. The Labute approximate surface area is 158 Å². The van der Waals surface area contributed by atoms with Gasteiger partial charge in [-0.2, -0.15) is 9.97 Å². The Morgan fingerprint density at radius 3 is 2.93 bits per heavy atom. The van der Waals surface area contributed by atoms with Crippen LogP contribution in [-0.2, 0) is 9.47 Å². The van der Waals surface area contributed by atoms with Crippen molar-refractivity contribution in [2.24, 2.45) is 0 Å². The van der Waals surface area contributed by atoms with Crippen LogP contribution in [0.2, 0.25) is 0 Å². The molecule has 3 heterocycles. The third-order valence-electron chi connectivity index (χ3n) is 4.40. The predicted octanol–water partition coefficient (Wildman–Crippen LogP) is 2.15. The van der Waals surface area contributed by atoms with Crippen LogP contribution in [0, 0.1) is 0 Å². The number of nitrogens with two attached hydrogens (primary N) is 1. The van der Waals surface area contributed by atoms with E-state index in [2.05, 4.69) is 26.9 Å². The zero-order chi connectivity index (χ0) is 19.2. The predicted molar refractivity (Wildman–Crippen MR) is 99.0 cm³/mol. The summed E-state index contributed by atoms with van der Waals surface area (Å²) in [6.45, 7) is 5.03. The minimum Gasteiger partial charge on any atom is -0.476 e. The highest BCUT2D eigenvalue weighted by atomic mass is 16.7. The van der Waals surface area contributed by atoms with Gasteiger partial charge < -0.3 is 25.1 Å². The second-order valence-electron chi connectivity index (χ2n) is 6.64. The summed E-state index contributed by atoms with van der Waals surface area (Å²) >= 11 is 0. The number of ether oxygens (including phenoxy) is 3. The van der Waals surface area contributed by atoms with Crippen molar-refractivity contribution in [1.29, 1.82) is 0 Å². The summed E-state index contributed by atoms with van der Waals surface area (Å²) < 4.78 is 17.1. The summed E-state index contributed by atoms with van der Waals surface area (Å²) in [5.41, 5.74) is 6.79. The lowest BCUT2D eigenvalue weighted by Gasteiger charge is -2.28. The molecule has 0 aliphatic carbocycles. The highest BCUT2D eigenvalue weighted by molar-refractivity contribution is 5.76. The van der Waals surface area contributed by atoms with Crippen LogP contribution in [0.15, 0.2) is 6.20 Å². The van der Waals surface area contributed by atoms with E-state index in [9.17, 15) is 5.11 Å². The number of unbranched alkanes of at least 4 members (excludes halogenated alkanes) is 1. The summed E-state index contributed by atoms with van der Waals surface area (Å²) in [6.07, 6.45) is 4.50. The molecule has 3 rings (SSSR count). The summed E-state index contributed by atoms with van der Waals surface area (Å²) in [5, 5.41) is 10.6. The third-order valence-corrected chi connectivity index (χ3v) is 4.40. The molecule has 1 saturated heterocycles. The highest BCUT2D eigenvalue weighted by Crippen LogP contribution is 2.25. The molecular weight excluding hydrogens is 350 g/mol. The van der Waals surface area contributed by atoms with Gasteiger partial charge in [0, 0.05) is 6.61 Å². The van der Waals surface area contributed by atoms with E-state index in [4.69, 9.17) is 19.9 Å². The third kappa shape index (κ3) is 5.00. The topological polar surface area (TPSA) is 126 Å². The van der Waals surface area contributed by atoms with E-state index in [0.29, 0.717) is 30.1 Å². The zero-order valence-electron chi connectivity index (χ0n) is 15.8. The van der Waals surface area contributed by atoms with E-state index in [1.165, 1.54) is 6.20 Å². The van der Waals surface area contributed by atoms with Crippen LogP contribution in [0.5, 0.6) is 5.88 Å². The van der Waals surface area contributed by atoms with Crippen LogP contribution in [0.25, 0.3) is 11.2 Å². The van der Waals surface area contributed by atoms with Crippen LogP contribution in [0.3, 0.4) is 0 Å². The molecule has 0 aromatic carbocycles. The molecule has 9 nitrogen and oxygen atoms in total. The van der Waals surface area contributed by atoms with Crippen molar-refractivity contribution in [3.63, 3.8) is 0 Å². The maximum atomic E-state index is 10.6. The average molecular weight is 377 g/mol. The summed E-state index contributed by atoms with van der Waals surface area (Å²) in [6, 6.07) is 0. The fourth-order valence-electron chi connectivity index (χ4n) is 2.84. The van der Waals surface area contributed by atoms with Gasteiger partial charge in [0.1, 0.15) is 6.10 Å². The van der Waals surface area contributed by atoms with Crippen molar-refractivity contribution >= 4 is 17.1 Å². The van der Waals surface area contributed by atoms with E-state index in [1.807, 2.05) is 0 Å². The molecule has 3 atom stereocenters. The van der Waals surface area contributed by atoms with Gasteiger partial charge in [-0.1, -0.05) is 13.3 Å². The Hall–Kier alpha value is -2.10. The molecule has 3 N–H and O–H groups in total. The molecule has 3 unspecified atom stereocenters. The maximum absolute atomic E-state index is 10.6. The van der Waals surface area contributed by atoms with Crippen LogP contribution in [-0.4, -0.2) is 50.7 Å². The smallest absolute Gasteiger partial charge is 0.247 e. The number of nitrogen functional groups attached to an aromatic ring is 1. The number of aliphatic hydroxyl groups is 1. The Bertz CT molecular complexity index is 754. The Kier molecular flexibility index (Phi) is 6.70. The van der Waals surface area contributed by atoms with Crippen LogP contribution >= 0.6 is 0 Å². The van der Waals surface area contributed by atoms with E-state index in [0.717, 1.165) is 32.1 Å². The van der Waals surface area contributed by atoms with Gasteiger partial charge in [0.15, 0.2) is 17.5 Å². The zero-order valence-corrected chi connectivity index (χ0v) is 15.8. The van der Waals surface area contributed by atoms with Gasteiger partial charge in [-0.3, -0.25) is 0 Å². The molecular formula is C18H27N5O4. The molecule has 0 radical (unpaired) electrons. The molecule has 0 saturated carbocycles. The minimum atomic E-state index is -0.964. The highest BCUT2D eigenvalue weighted by Gasteiger charge is 2.25. The lowest BCUT2D eigenvalue weighted by Crippen LogP contribution is -2.30. The van der Waals surface area contributed by atoms with Gasteiger partial charge in [0.25, 0.3) is 0 Å². The standard InChI is InChI=1S/C18H27N5O4/c1-3-4-8-26-17-14-16(22-18(19)23-17)20-10-12(21-14)15(24)11(2)27-13-7-5-6-9-25-13/h10-11,13,15,24H,3-9H2,1-2H3,(H2,19,20,22,23). The fourth-order valence-corrected chi connectivity index (χ4v) is 2.84. The van der Waals surface area contributed by atoms with E-state index >= 15 is 0 Å². The monoisotopic (exact) mass is 377 g/mol. The van der Waals surface area contributed by atoms with Gasteiger partial charge in [-0.05, 0) is 32.6 Å². The average Bonchev–Trinajstić information content (AvgIpc) is 2.68. The number of nitrogens with zero attached hydrogens (tertiary/aromatic N) is 4. The van der Waals surface area contributed by atoms with E-state index in [-0.39, 0.29) is 18.1 Å². The molecule has 0 bridgehead atoms. The number of hydrogen-bond donors (Lipinski definition) is 2. The molecule has 27 heavy (non-hydrogen) atoms. The Morgan fingerprint density at radius 2 is 2.19 bits per heavy atom. The van der Waals surface area contributed by atoms with Crippen LogP contribution < -0.4 is 10.5 Å². The normalized spacial score (nSPS) is 19.7. The van der Waals surface area contributed by atoms with E-state index < -0.39 is 12.2 Å². The Morgan fingerprint density at radius 1 is 1.33 bits per heavy atom. The lowest BCUT2D eigenvalue weighted by atomic mass is 10.1. The lowest BCUT2D eigenvalue weighted by molar-refractivity contribution is -0.203. The first-order valence-corrected chi connectivity index (χ1v) is 9.46. The molecule has 0 amide bonds. The number of fused-ring (bicyclic) bond motifs is 1. The minimum absolute atomic E-state index is 0.0720. The molecule has 1 fully saturated rings. The number of anilines is 1. The van der Waals surface area contributed by atoms with Crippen molar-refractivity contribution in [2.45, 2.75) is 64.4 Å². The van der Waals surface area contributed by atoms with Gasteiger partial charge in [0.05, 0.1) is 24.6 Å². The van der Waals surface area contributed by atoms with E-state index in [1.54, 1.807) is 6.92 Å². The first-order valence-electron chi connectivity index (χ1n) is 9.46. The van der Waals surface area contributed by atoms with Gasteiger partial charge >= 0.3 is 0 Å². The van der Waals surface area contributed by atoms with Crippen LogP contribution in [0.4, 0.5) is 5.95 Å². The summed E-state index contributed by atoms with van der Waals surface area (Å²) in [5.74, 6) is 0.347. The first kappa shape index (κ1) is 19.7. The molecule has 0 spiro atoms. The fraction of sp³-hybridized carbons (Fsp3) is 0.667. The maximum Gasteiger partial charge on any atom is 0.247 e. The number of aliphatic hydroxyl groups excluding tert-OH is 1. The van der Waals surface area contributed by atoms with Gasteiger partial charge in [-0.25, -0.2) is 9.97 Å². The Balaban J connectivity index is 1.79. The van der Waals surface area contributed by atoms with Crippen molar-refractivity contribution in [1.82, 2.24) is 19.9 Å². The molecule has 2 aromatic rings. The van der Waals surface area contributed by atoms with Crippen molar-refractivity contribution in [3.8, 4) is 5.88 Å². The van der Waals surface area contributed by atoms with Crippen molar-refractivity contribution in [3.05, 3.63) is 11.9 Å². The van der Waals surface area contributed by atoms with Crippen molar-refractivity contribution in [2.75, 3.05) is 18.9 Å². The second kappa shape index (κ2) is 9.20. The number of aromatic nitrogens is 4. The number of rotatable bonds is 8.